The number of rotatable bonds is 5. The van der Waals surface area contributed by atoms with Crippen molar-refractivity contribution in [3.05, 3.63) is 35.9 Å². The topological polar surface area (TPSA) is 88.0 Å². The molecule has 3 N–H and O–H groups in total. The molecule has 1 aromatic carbocycles. The minimum absolute atomic E-state index is 0.0224. The van der Waals surface area contributed by atoms with E-state index < -0.39 is 19.2 Å². The molecule has 0 unspecified atom stereocenters. The zero-order valence-electron chi connectivity index (χ0n) is 11.8. The third-order valence-corrected chi connectivity index (χ3v) is 3.44. The van der Waals surface area contributed by atoms with Crippen LogP contribution in [-0.2, 0) is 16.0 Å². The van der Waals surface area contributed by atoms with Crippen LogP contribution in [0.1, 0.15) is 24.8 Å². The standard InChI is InChI=1S/C14H20BNO5/c17-9-8-12-6-7-13(15(19)21-12)16-14(18)20-10-11-4-2-1-3-5-11/h1-5,12-13,17,19H,6-10H2,(H,16,18)/t12-,13-/m0/s1. The van der Waals surface area contributed by atoms with Gasteiger partial charge in [-0.3, -0.25) is 0 Å². The number of alkyl carbamates (subject to hydrolysis) is 1. The van der Waals surface area contributed by atoms with Crippen molar-refractivity contribution in [3.63, 3.8) is 0 Å². The van der Waals surface area contributed by atoms with Crippen molar-refractivity contribution in [1.29, 1.82) is 0 Å². The Kier molecular flexibility index (Phi) is 6.04. The molecule has 0 spiro atoms. The molecule has 1 amide bonds. The minimum atomic E-state index is -1.07. The highest BCUT2D eigenvalue weighted by atomic mass is 16.6. The van der Waals surface area contributed by atoms with E-state index in [4.69, 9.17) is 14.5 Å². The summed E-state index contributed by atoms with van der Waals surface area (Å²) in [4.78, 5) is 11.7. The van der Waals surface area contributed by atoms with Gasteiger partial charge >= 0.3 is 13.2 Å². The lowest BCUT2D eigenvalue weighted by atomic mass is 9.72. The Morgan fingerprint density at radius 1 is 1.38 bits per heavy atom. The SMILES string of the molecule is O=C(N[C@H]1CC[C@@H](CCO)OB1O)OCc1ccccc1. The highest BCUT2D eigenvalue weighted by molar-refractivity contribution is 6.45. The van der Waals surface area contributed by atoms with Gasteiger partial charge in [0.05, 0.1) is 5.94 Å². The van der Waals surface area contributed by atoms with E-state index in [-0.39, 0.29) is 19.3 Å². The average molecular weight is 293 g/mol. The molecule has 114 valence electrons. The number of aliphatic hydroxyl groups excluding tert-OH is 1. The Balaban J connectivity index is 1.73. The molecule has 0 radical (unpaired) electrons. The molecule has 2 rings (SSSR count). The van der Waals surface area contributed by atoms with Gasteiger partial charge in [-0.2, -0.15) is 0 Å². The fraction of sp³-hybridized carbons (Fsp3) is 0.500. The smallest absolute Gasteiger partial charge is 0.445 e. The first-order valence-corrected chi connectivity index (χ1v) is 7.10. The lowest BCUT2D eigenvalue weighted by Crippen LogP contribution is -2.52. The van der Waals surface area contributed by atoms with Crippen molar-refractivity contribution < 1.29 is 24.3 Å². The maximum Gasteiger partial charge on any atom is 0.478 e. The summed E-state index contributed by atoms with van der Waals surface area (Å²) in [7, 11) is -1.07. The third-order valence-electron chi connectivity index (χ3n) is 3.44. The number of nitrogens with one attached hydrogen (secondary N) is 1. The molecule has 7 heteroatoms. The Labute approximate surface area is 124 Å². The largest absolute Gasteiger partial charge is 0.478 e. The molecule has 1 heterocycles. The summed E-state index contributed by atoms with van der Waals surface area (Å²) in [5.41, 5.74) is 0.899. The Hall–Kier alpha value is -1.57. The number of carbonyl (C=O) groups excluding carboxylic acids is 1. The summed E-state index contributed by atoms with van der Waals surface area (Å²) < 4.78 is 10.4. The van der Waals surface area contributed by atoms with Crippen LogP contribution < -0.4 is 5.32 Å². The zero-order valence-corrected chi connectivity index (χ0v) is 11.8. The van der Waals surface area contributed by atoms with Crippen LogP contribution >= 0.6 is 0 Å². The van der Waals surface area contributed by atoms with Crippen molar-refractivity contribution in [2.24, 2.45) is 0 Å². The molecule has 1 saturated heterocycles. The zero-order chi connectivity index (χ0) is 15.1. The van der Waals surface area contributed by atoms with Gasteiger partial charge in [0.1, 0.15) is 6.61 Å². The van der Waals surface area contributed by atoms with E-state index in [1.54, 1.807) is 0 Å². The second-order valence-corrected chi connectivity index (χ2v) is 5.05. The summed E-state index contributed by atoms with van der Waals surface area (Å²) in [6, 6.07) is 9.37. The van der Waals surface area contributed by atoms with Gasteiger partial charge in [0.2, 0.25) is 0 Å². The van der Waals surface area contributed by atoms with E-state index in [0.717, 1.165) is 5.56 Å². The number of hydrogen-bond donors (Lipinski definition) is 3. The maximum atomic E-state index is 11.7. The Bertz CT molecular complexity index is 444. The van der Waals surface area contributed by atoms with Gasteiger partial charge in [-0.15, -0.1) is 0 Å². The molecule has 0 bridgehead atoms. The molecule has 0 aromatic heterocycles. The number of carbonyl (C=O) groups is 1. The molecule has 6 nitrogen and oxygen atoms in total. The van der Waals surface area contributed by atoms with E-state index in [1.165, 1.54) is 0 Å². The summed E-state index contributed by atoms with van der Waals surface area (Å²) in [6.07, 6.45) is 1.02. The summed E-state index contributed by atoms with van der Waals surface area (Å²) in [5.74, 6) is -0.483. The lowest BCUT2D eigenvalue weighted by molar-refractivity contribution is 0.0871. The van der Waals surface area contributed by atoms with Crippen LogP contribution in [0.15, 0.2) is 30.3 Å². The summed E-state index contributed by atoms with van der Waals surface area (Å²) >= 11 is 0. The van der Waals surface area contributed by atoms with E-state index in [1.807, 2.05) is 30.3 Å². The van der Waals surface area contributed by atoms with Gasteiger partial charge in [0, 0.05) is 12.7 Å². The first-order valence-electron chi connectivity index (χ1n) is 7.10. The molecule has 1 fully saturated rings. The average Bonchev–Trinajstić information content (AvgIpc) is 2.49. The van der Waals surface area contributed by atoms with Crippen molar-refractivity contribution >= 4 is 13.2 Å². The fourth-order valence-corrected chi connectivity index (χ4v) is 2.28. The monoisotopic (exact) mass is 293 g/mol. The van der Waals surface area contributed by atoms with Gasteiger partial charge in [-0.25, -0.2) is 4.79 Å². The number of aliphatic hydroxyl groups is 1. The first kappa shape index (κ1) is 15.8. The van der Waals surface area contributed by atoms with Gasteiger partial charge in [0.15, 0.2) is 0 Å². The quantitative estimate of drug-likeness (QED) is 0.701. The van der Waals surface area contributed by atoms with Crippen molar-refractivity contribution in [1.82, 2.24) is 5.32 Å². The highest BCUT2D eigenvalue weighted by Gasteiger charge is 2.36. The van der Waals surface area contributed by atoms with E-state index >= 15 is 0 Å². The normalized spacial score (nSPS) is 21.9. The minimum Gasteiger partial charge on any atom is -0.445 e. The molecular weight excluding hydrogens is 273 g/mol. The summed E-state index contributed by atoms with van der Waals surface area (Å²) in [5, 5.41) is 21.3. The molecule has 21 heavy (non-hydrogen) atoms. The number of hydrogen-bond acceptors (Lipinski definition) is 5. The van der Waals surface area contributed by atoms with Crippen LogP contribution in [0, 0.1) is 0 Å². The fourth-order valence-electron chi connectivity index (χ4n) is 2.28. The predicted molar refractivity (Wildman–Crippen MR) is 77.3 cm³/mol. The lowest BCUT2D eigenvalue weighted by Gasteiger charge is -2.31. The van der Waals surface area contributed by atoms with Crippen LogP contribution in [0.4, 0.5) is 4.79 Å². The second-order valence-electron chi connectivity index (χ2n) is 5.05. The molecule has 2 atom stereocenters. The molecular formula is C14H20BNO5. The third kappa shape index (κ3) is 5.04. The van der Waals surface area contributed by atoms with E-state index in [2.05, 4.69) is 5.32 Å². The van der Waals surface area contributed by atoms with Crippen molar-refractivity contribution in [2.45, 2.75) is 37.9 Å². The number of ether oxygens (including phenoxy) is 1. The van der Waals surface area contributed by atoms with Crippen LogP contribution in [0.3, 0.4) is 0 Å². The molecule has 0 saturated carbocycles. The van der Waals surface area contributed by atoms with E-state index in [0.29, 0.717) is 19.3 Å². The molecule has 1 aliphatic heterocycles. The van der Waals surface area contributed by atoms with Crippen LogP contribution in [-0.4, -0.2) is 42.0 Å². The summed E-state index contributed by atoms with van der Waals surface area (Å²) in [6.45, 7) is 0.206. The van der Waals surface area contributed by atoms with Gasteiger partial charge < -0.3 is 24.8 Å². The van der Waals surface area contributed by atoms with E-state index in [9.17, 15) is 9.82 Å². The maximum absolute atomic E-state index is 11.7. The molecule has 1 aliphatic rings. The molecule has 1 aromatic rings. The van der Waals surface area contributed by atoms with Gasteiger partial charge in [-0.1, -0.05) is 30.3 Å². The number of benzene rings is 1. The van der Waals surface area contributed by atoms with Crippen LogP contribution in [0.2, 0.25) is 0 Å². The Morgan fingerprint density at radius 3 is 2.81 bits per heavy atom. The Morgan fingerprint density at radius 2 is 2.14 bits per heavy atom. The van der Waals surface area contributed by atoms with Gasteiger partial charge in [-0.05, 0) is 24.8 Å². The number of amides is 1. The first-order chi connectivity index (χ1) is 10.2. The second kappa shape index (κ2) is 8.02. The van der Waals surface area contributed by atoms with Crippen LogP contribution in [0.5, 0.6) is 0 Å². The molecule has 0 aliphatic carbocycles. The van der Waals surface area contributed by atoms with Gasteiger partial charge in [0.25, 0.3) is 0 Å². The predicted octanol–water partition coefficient (Wildman–Crippen LogP) is 0.862. The highest BCUT2D eigenvalue weighted by Crippen LogP contribution is 2.18. The van der Waals surface area contributed by atoms with Crippen LogP contribution in [0.25, 0.3) is 0 Å². The van der Waals surface area contributed by atoms with Crippen molar-refractivity contribution in [3.8, 4) is 0 Å². The van der Waals surface area contributed by atoms with Crippen molar-refractivity contribution in [2.75, 3.05) is 6.61 Å².